The lowest BCUT2D eigenvalue weighted by atomic mass is 10.2. The lowest BCUT2D eigenvalue weighted by molar-refractivity contribution is 0.0526. The summed E-state index contributed by atoms with van der Waals surface area (Å²) < 4.78 is 23.4. The van der Waals surface area contributed by atoms with E-state index < -0.39 is 11.8 Å². The first-order valence-electron chi connectivity index (χ1n) is 6.10. The minimum atomic E-state index is -0.448. The molecule has 2 aromatic carbocycles. The van der Waals surface area contributed by atoms with E-state index in [1.807, 2.05) is 0 Å². The van der Waals surface area contributed by atoms with E-state index in [9.17, 15) is 9.18 Å². The summed E-state index contributed by atoms with van der Waals surface area (Å²) in [5, 5.41) is 0. The first-order valence-corrected chi connectivity index (χ1v) is 6.10. The second kappa shape index (κ2) is 6.06. The van der Waals surface area contributed by atoms with E-state index in [-0.39, 0.29) is 5.69 Å². The summed E-state index contributed by atoms with van der Waals surface area (Å²) in [4.78, 5) is 11.5. The van der Waals surface area contributed by atoms with Gasteiger partial charge in [-0.2, -0.15) is 0 Å². The molecule has 0 saturated heterocycles. The summed E-state index contributed by atoms with van der Waals surface area (Å²) in [5.74, 6) is -0.162. The number of benzene rings is 2. The molecule has 2 N–H and O–H groups in total. The summed E-state index contributed by atoms with van der Waals surface area (Å²) in [6.45, 7) is 2.02. The first kappa shape index (κ1) is 13.9. The van der Waals surface area contributed by atoms with E-state index in [2.05, 4.69) is 0 Å². The number of carbonyl (C=O) groups excluding carboxylic acids is 1. The molecule has 20 heavy (non-hydrogen) atoms. The number of ether oxygens (including phenoxy) is 2. The first-order chi connectivity index (χ1) is 9.60. The molecule has 0 aromatic heterocycles. The highest BCUT2D eigenvalue weighted by molar-refractivity contribution is 5.91. The van der Waals surface area contributed by atoms with Gasteiger partial charge in [0.1, 0.15) is 17.3 Å². The van der Waals surface area contributed by atoms with Crippen molar-refractivity contribution >= 4 is 11.7 Å². The Morgan fingerprint density at radius 2 is 2.05 bits per heavy atom. The molecule has 0 bridgehead atoms. The van der Waals surface area contributed by atoms with Crippen LogP contribution in [-0.4, -0.2) is 12.6 Å². The van der Waals surface area contributed by atoms with E-state index >= 15 is 0 Å². The van der Waals surface area contributed by atoms with E-state index in [0.717, 1.165) is 0 Å². The summed E-state index contributed by atoms with van der Waals surface area (Å²) >= 11 is 0. The highest BCUT2D eigenvalue weighted by Crippen LogP contribution is 2.28. The molecular formula is C15H14FNO3. The van der Waals surface area contributed by atoms with E-state index in [0.29, 0.717) is 23.7 Å². The molecule has 0 saturated carbocycles. The zero-order chi connectivity index (χ0) is 14.5. The summed E-state index contributed by atoms with van der Waals surface area (Å²) in [5.41, 5.74) is 6.44. The molecule has 0 aliphatic carbocycles. The summed E-state index contributed by atoms with van der Waals surface area (Å²) in [6.07, 6.45) is 0. The minimum Gasteiger partial charge on any atom is -0.462 e. The molecule has 0 spiro atoms. The van der Waals surface area contributed by atoms with Gasteiger partial charge in [-0.3, -0.25) is 0 Å². The fourth-order valence-electron chi connectivity index (χ4n) is 1.64. The number of hydrogen-bond acceptors (Lipinski definition) is 4. The lowest BCUT2D eigenvalue weighted by Crippen LogP contribution is -2.05. The van der Waals surface area contributed by atoms with Crippen molar-refractivity contribution < 1.29 is 18.7 Å². The van der Waals surface area contributed by atoms with Crippen LogP contribution in [-0.2, 0) is 4.74 Å². The Labute approximate surface area is 115 Å². The van der Waals surface area contributed by atoms with Crippen molar-refractivity contribution in [3.8, 4) is 11.5 Å². The second-order valence-electron chi connectivity index (χ2n) is 4.03. The van der Waals surface area contributed by atoms with Gasteiger partial charge in [-0.1, -0.05) is 6.07 Å². The normalized spacial score (nSPS) is 10.1. The summed E-state index contributed by atoms with van der Waals surface area (Å²) in [6, 6.07) is 10.3. The van der Waals surface area contributed by atoms with Crippen molar-refractivity contribution in [1.82, 2.24) is 0 Å². The average molecular weight is 275 g/mol. The second-order valence-corrected chi connectivity index (χ2v) is 4.03. The molecule has 4 nitrogen and oxygen atoms in total. The van der Waals surface area contributed by atoms with Gasteiger partial charge in [0, 0.05) is 6.07 Å². The molecule has 0 atom stereocenters. The Morgan fingerprint density at radius 3 is 2.70 bits per heavy atom. The highest BCUT2D eigenvalue weighted by atomic mass is 19.1. The van der Waals surface area contributed by atoms with Gasteiger partial charge in [-0.15, -0.1) is 0 Å². The highest BCUT2D eigenvalue weighted by Gasteiger charge is 2.10. The third-order valence-corrected chi connectivity index (χ3v) is 2.54. The lowest BCUT2D eigenvalue weighted by Gasteiger charge is -2.10. The maximum Gasteiger partial charge on any atom is 0.338 e. The van der Waals surface area contributed by atoms with Crippen molar-refractivity contribution in [2.45, 2.75) is 6.92 Å². The zero-order valence-electron chi connectivity index (χ0n) is 10.9. The van der Waals surface area contributed by atoms with Gasteiger partial charge in [0.2, 0.25) is 0 Å². The molecule has 0 radical (unpaired) electrons. The van der Waals surface area contributed by atoms with Gasteiger partial charge in [-0.05, 0) is 37.3 Å². The topological polar surface area (TPSA) is 61.5 Å². The van der Waals surface area contributed by atoms with Crippen LogP contribution in [0.5, 0.6) is 11.5 Å². The largest absolute Gasteiger partial charge is 0.462 e. The molecule has 0 unspecified atom stereocenters. The number of carbonyl (C=O) groups is 1. The molecule has 0 aliphatic rings. The van der Waals surface area contributed by atoms with Gasteiger partial charge in [0.25, 0.3) is 0 Å². The van der Waals surface area contributed by atoms with Crippen LogP contribution in [0.2, 0.25) is 0 Å². The van der Waals surface area contributed by atoms with E-state index in [1.165, 1.54) is 24.3 Å². The maximum atomic E-state index is 13.1. The average Bonchev–Trinajstić information content (AvgIpc) is 2.41. The van der Waals surface area contributed by atoms with Crippen LogP contribution in [0, 0.1) is 5.82 Å². The molecular weight excluding hydrogens is 261 g/mol. The van der Waals surface area contributed by atoms with E-state index in [1.54, 1.807) is 25.1 Å². The molecule has 5 heteroatoms. The fraction of sp³-hybridized carbons (Fsp3) is 0.133. The predicted molar refractivity (Wildman–Crippen MR) is 73.3 cm³/mol. The van der Waals surface area contributed by atoms with Crippen LogP contribution in [0.3, 0.4) is 0 Å². The van der Waals surface area contributed by atoms with Gasteiger partial charge in [-0.25, -0.2) is 9.18 Å². The smallest absolute Gasteiger partial charge is 0.338 e. The van der Waals surface area contributed by atoms with Crippen LogP contribution in [0.1, 0.15) is 17.3 Å². The number of halogens is 1. The van der Waals surface area contributed by atoms with Crippen LogP contribution in [0.25, 0.3) is 0 Å². The standard InChI is InChI=1S/C15H14FNO3/c1-2-19-15(18)10-6-7-14(13(17)8-10)20-12-5-3-4-11(16)9-12/h3-9H,2,17H2,1H3. The monoisotopic (exact) mass is 275 g/mol. The Balaban J connectivity index is 2.20. The summed E-state index contributed by atoms with van der Waals surface area (Å²) in [7, 11) is 0. The number of esters is 1. The molecule has 104 valence electrons. The van der Waals surface area contributed by atoms with Crippen LogP contribution in [0.15, 0.2) is 42.5 Å². The molecule has 0 amide bonds. The fourth-order valence-corrected chi connectivity index (χ4v) is 1.64. The third-order valence-electron chi connectivity index (χ3n) is 2.54. The predicted octanol–water partition coefficient (Wildman–Crippen LogP) is 3.38. The van der Waals surface area contributed by atoms with Crippen molar-refractivity contribution in [3.05, 3.63) is 53.8 Å². The van der Waals surface area contributed by atoms with Crippen molar-refractivity contribution in [2.75, 3.05) is 12.3 Å². The Bertz CT molecular complexity index is 628. The number of nitrogen functional groups attached to an aromatic ring is 1. The number of rotatable bonds is 4. The molecule has 0 aliphatic heterocycles. The van der Waals surface area contributed by atoms with Crippen molar-refractivity contribution in [2.24, 2.45) is 0 Å². The zero-order valence-corrected chi connectivity index (χ0v) is 10.9. The third kappa shape index (κ3) is 3.26. The van der Waals surface area contributed by atoms with Crippen LogP contribution >= 0.6 is 0 Å². The number of hydrogen-bond donors (Lipinski definition) is 1. The number of anilines is 1. The Morgan fingerprint density at radius 1 is 1.25 bits per heavy atom. The van der Waals surface area contributed by atoms with Crippen molar-refractivity contribution in [3.63, 3.8) is 0 Å². The maximum absolute atomic E-state index is 13.1. The SMILES string of the molecule is CCOC(=O)c1ccc(Oc2cccc(F)c2)c(N)c1. The van der Waals surface area contributed by atoms with Crippen LogP contribution in [0.4, 0.5) is 10.1 Å². The minimum absolute atomic E-state index is 0.278. The molecule has 2 aromatic rings. The van der Waals surface area contributed by atoms with Crippen molar-refractivity contribution in [1.29, 1.82) is 0 Å². The Hall–Kier alpha value is -2.56. The van der Waals surface area contributed by atoms with Gasteiger partial charge in [0.05, 0.1) is 17.9 Å². The quantitative estimate of drug-likeness (QED) is 0.686. The molecule has 0 heterocycles. The van der Waals surface area contributed by atoms with Gasteiger partial charge in [0.15, 0.2) is 0 Å². The number of nitrogens with two attached hydrogens (primary N) is 1. The van der Waals surface area contributed by atoms with Crippen LogP contribution < -0.4 is 10.5 Å². The Kier molecular flexibility index (Phi) is 4.20. The van der Waals surface area contributed by atoms with Gasteiger partial charge >= 0.3 is 5.97 Å². The van der Waals surface area contributed by atoms with Gasteiger partial charge < -0.3 is 15.2 Å². The molecule has 0 fully saturated rings. The van der Waals surface area contributed by atoms with E-state index in [4.69, 9.17) is 15.2 Å². The molecule has 2 rings (SSSR count).